The van der Waals surface area contributed by atoms with E-state index in [1.54, 1.807) is 0 Å². The number of hydrogen-bond acceptors (Lipinski definition) is 3. The van der Waals surface area contributed by atoms with Gasteiger partial charge in [0.25, 0.3) is 0 Å². The van der Waals surface area contributed by atoms with Crippen LogP contribution in [0.3, 0.4) is 0 Å². The van der Waals surface area contributed by atoms with E-state index in [1.807, 2.05) is 18.2 Å². The second-order valence-corrected chi connectivity index (χ2v) is 5.01. The summed E-state index contributed by atoms with van der Waals surface area (Å²) in [6.45, 7) is 6.59. The predicted molar refractivity (Wildman–Crippen MR) is 66.7 cm³/mol. The third-order valence-corrected chi connectivity index (χ3v) is 2.47. The minimum Gasteiger partial charge on any atom is -0.394 e. The molecule has 0 bridgehead atoms. The summed E-state index contributed by atoms with van der Waals surface area (Å²) in [7, 11) is 0. The van der Waals surface area contributed by atoms with Crippen molar-refractivity contribution in [3.8, 4) is 0 Å². The second kappa shape index (κ2) is 5.32. The van der Waals surface area contributed by atoms with E-state index in [0.29, 0.717) is 6.54 Å². The van der Waals surface area contributed by atoms with Crippen molar-refractivity contribution >= 4 is 5.69 Å². The van der Waals surface area contributed by atoms with Crippen LogP contribution in [0.25, 0.3) is 0 Å². The van der Waals surface area contributed by atoms with Crippen LogP contribution in [-0.2, 0) is 5.41 Å². The van der Waals surface area contributed by atoms with Crippen molar-refractivity contribution in [2.45, 2.75) is 32.3 Å². The topological polar surface area (TPSA) is 52.5 Å². The van der Waals surface area contributed by atoms with E-state index in [9.17, 15) is 5.11 Å². The van der Waals surface area contributed by atoms with Gasteiger partial charge in [-0.25, -0.2) is 0 Å². The first-order valence-corrected chi connectivity index (χ1v) is 5.57. The highest BCUT2D eigenvalue weighted by Crippen LogP contribution is 2.28. The van der Waals surface area contributed by atoms with Crippen LogP contribution in [0, 0.1) is 0 Å². The molecule has 0 heterocycles. The van der Waals surface area contributed by atoms with Gasteiger partial charge in [-0.2, -0.15) is 0 Å². The smallest absolute Gasteiger partial charge is 0.0942 e. The van der Waals surface area contributed by atoms with Gasteiger partial charge in [0.15, 0.2) is 0 Å². The zero-order valence-electron chi connectivity index (χ0n) is 10.2. The summed E-state index contributed by atoms with van der Waals surface area (Å²) >= 11 is 0. The number of rotatable bonds is 4. The molecular weight excluding hydrogens is 202 g/mol. The van der Waals surface area contributed by atoms with Gasteiger partial charge in [-0.15, -0.1) is 0 Å². The summed E-state index contributed by atoms with van der Waals surface area (Å²) in [5.74, 6) is 0. The Bertz CT molecular complexity index is 331. The van der Waals surface area contributed by atoms with Gasteiger partial charge in [-0.3, -0.25) is 0 Å². The lowest BCUT2D eigenvalue weighted by atomic mass is 9.86. The predicted octanol–water partition coefficient (Wildman–Crippen LogP) is 1.75. The lowest BCUT2D eigenvalue weighted by Gasteiger charge is -2.24. The van der Waals surface area contributed by atoms with E-state index in [2.05, 4.69) is 32.2 Å². The van der Waals surface area contributed by atoms with Crippen molar-refractivity contribution in [1.82, 2.24) is 0 Å². The highest BCUT2D eigenvalue weighted by Gasteiger charge is 2.17. The number of nitrogens with one attached hydrogen (secondary N) is 1. The van der Waals surface area contributed by atoms with Gasteiger partial charge in [0.05, 0.1) is 12.7 Å². The number of benzene rings is 1. The number of anilines is 1. The highest BCUT2D eigenvalue weighted by atomic mass is 16.3. The summed E-state index contributed by atoms with van der Waals surface area (Å²) < 4.78 is 0. The molecule has 3 nitrogen and oxygen atoms in total. The molecule has 1 atom stereocenters. The molecule has 90 valence electrons. The van der Waals surface area contributed by atoms with Crippen LogP contribution in [0.1, 0.15) is 26.3 Å². The number of aliphatic hydroxyl groups excluding tert-OH is 2. The van der Waals surface area contributed by atoms with E-state index in [1.165, 1.54) is 5.56 Å². The Morgan fingerprint density at radius 1 is 1.25 bits per heavy atom. The third-order valence-electron chi connectivity index (χ3n) is 2.47. The van der Waals surface area contributed by atoms with Gasteiger partial charge in [0.1, 0.15) is 0 Å². The number of para-hydroxylation sites is 1. The first-order chi connectivity index (χ1) is 7.45. The monoisotopic (exact) mass is 223 g/mol. The van der Waals surface area contributed by atoms with Crippen LogP contribution in [0.5, 0.6) is 0 Å². The van der Waals surface area contributed by atoms with E-state index in [-0.39, 0.29) is 12.0 Å². The van der Waals surface area contributed by atoms with E-state index in [0.717, 1.165) is 5.69 Å². The summed E-state index contributed by atoms with van der Waals surface area (Å²) in [5.41, 5.74) is 2.29. The molecule has 1 unspecified atom stereocenters. The molecule has 1 aromatic carbocycles. The summed E-state index contributed by atoms with van der Waals surface area (Å²) in [4.78, 5) is 0. The van der Waals surface area contributed by atoms with Crippen LogP contribution in [0.4, 0.5) is 5.69 Å². The lowest BCUT2D eigenvalue weighted by molar-refractivity contribution is 0.105. The maximum absolute atomic E-state index is 9.30. The lowest BCUT2D eigenvalue weighted by Crippen LogP contribution is -2.24. The van der Waals surface area contributed by atoms with Crippen molar-refractivity contribution in [2.24, 2.45) is 0 Å². The first kappa shape index (κ1) is 13.0. The second-order valence-electron chi connectivity index (χ2n) is 5.01. The average Bonchev–Trinajstić information content (AvgIpc) is 2.25. The molecule has 0 saturated heterocycles. The quantitative estimate of drug-likeness (QED) is 0.729. The fraction of sp³-hybridized carbons (Fsp3) is 0.538. The molecule has 0 aliphatic heterocycles. The molecule has 0 amide bonds. The van der Waals surface area contributed by atoms with E-state index in [4.69, 9.17) is 5.11 Å². The molecule has 1 rings (SSSR count). The minimum atomic E-state index is -0.715. The Labute approximate surface area is 97.1 Å². The maximum Gasteiger partial charge on any atom is 0.0942 e. The van der Waals surface area contributed by atoms with Crippen molar-refractivity contribution in [3.05, 3.63) is 29.8 Å². The highest BCUT2D eigenvalue weighted by molar-refractivity contribution is 5.54. The maximum atomic E-state index is 9.30. The number of hydrogen-bond donors (Lipinski definition) is 3. The average molecular weight is 223 g/mol. The molecule has 3 N–H and O–H groups in total. The Kier molecular flexibility index (Phi) is 4.33. The van der Waals surface area contributed by atoms with Gasteiger partial charge in [0.2, 0.25) is 0 Å². The van der Waals surface area contributed by atoms with Crippen LogP contribution in [0.15, 0.2) is 24.3 Å². The molecule has 0 aliphatic carbocycles. The Morgan fingerprint density at radius 2 is 1.88 bits per heavy atom. The largest absolute Gasteiger partial charge is 0.394 e. The Morgan fingerprint density at radius 3 is 2.44 bits per heavy atom. The van der Waals surface area contributed by atoms with Crippen LogP contribution < -0.4 is 5.32 Å². The molecule has 1 aromatic rings. The summed E-state index contributed by atoms with van der Waals surface area (Å²) in [5, 5.41) is 21.2. The van der Waals surface area contributed by atoms with Gasteiger partial charge in [-0.1, -0.05) is 39.0 Å². The summed E-state index contributed by atoms with van der Waals surface area (Å²) in [6, 6.07) is 8.04. The molecule has 0 radical (unpaired) electrons. The molecule has 16 heavy (non-hydrogen) atoms. The standard InChI is InChI=1S/C13H21NO2/c1-13(2,3)11-6-4-5-7-12(11)14-8-10(16)9-15/h4-7,10,14-16H,8-9H2,1-3H3. The fourth-order valence-corrected chi connectivity index (χ4v) is 1.58. The molecule has 0 fully saturated rings. The van der Waals surface area contributed by atoms with Gasteiger partial charge in [0, 0.05) is 12.2 Å². The molecule has 0 aromatic heterocycles. The minimum absolute atomic E-state index is 0.0633. The Balaban J connectivity index is 2.80. The third kappa shape index (κ3) is 3.51. The van der Waals surface area contributed by atoms with Crippen LogP contribution in [0.2, 0.25) is 0 Å². The first-order valence-electron chi connectivity index (χ1n) is 5.57. The van der Waals surface area contributed by atoms with E-state index < -0.39 is 6.10 Å². The van der Waals surface area contributed by atoms with Crippen LogP contribution >= 0.6 is 0 Å². The Hall–Kier alpha value is -1.06. The van der Waals surface area contributed by atoms with Crippen molar-refractivity contribution < 1.29 is 10.2 Å². The molecule has 0 saturated carbocycles. The van der Waals surface area contributed by atoms with Crippen LogP contribution in [-0.4, -0.2) is 29.5 Å². The van der Waals surface area contributed by atoms with Crippen molar-refractivity contribution in [1.29, 1.82) is 0 Å². The van der Waals surface area contributed by atoms with Gasteiger partial charge in [-0.05, 0) is 17.0 Å². The molecular formula is C13H21NO2. The SMILES string of the molecule is CC(C)(C)c1ccccc1NCC(O)CO. The van der Waals surface area contributed by atoms with Gasteiger partial charge >= 0.3 is 0 Å². The van der Waals surface area contributed by atoms with Gasteiger partial charge < -0.3 is 15.5 Å². The zero-order chi connectivity index (χ0) is 12.2. The van der Waals surface area contributed by atoms with E-state index >= 15 is 0 Å². The number of aliphatic hydroxyl groups is 2. The summed E-state index contributed by atoms with van der Waals surface area (Å²) in [6.07, 6.45) is -0.715. The fourth-order valence-electron chi connectivity index (χ4n) is 1.58. The molecule has 0 spiro atoms. The molecule has 3 heteroatoms. The normalized spacial score (nSPS) is 13.6. The zero-order valence-corrected chi connectivity index (χ0v) is 10.2. The van der Waals surface area contributed by atoms with Crippen molar-refractivity contribution in [3.63, 3.8) is 0 Å². The van der Waals surface area contributed by atoms with Crippen molar-refractivity contribution in [2.75, 3.05) is 18.5 Å². The molecule has 0 aliphatic rings.